The van der Waals surface area contributed by atoms with E-state index in [1.807, 2.05) is 0 Å². The minimum Gasteiger partial charge on any atom is -0.305 e. The van der Waals surface area contributed by atoms with Gasteiger partial charge in [0.1, 0.15) is 0 Å². The van der Waals surface area contributed by atoms with Crippen LogP contribution >= 0.6 is 0 Å². The Morgan fingerprint density at radius 1 is 1.43 bits per heavy atom. The van der Waals surface area contributed by atoms with Crippen LogP contribution in [0.5, 0.6) is 0 Å². The number of rotatable bonds is 3. The third kappa shape index (κ3) is 1.59. The number of fused-ring (bicyclic) bond motifs is 1. The molecule has 2 atom stereocenters. The largest absolute Gasteiger partial charge is 0.305 e. The average Bonchev–Trinajstić information content (AvgIpc) is 2.60. The molecule has 0 aromatic heterocycles. The van der Waals surface area contributed by atoms with Crippen LogP contribution < -0.4 is 0 Å². The zero-order valence-electron chi connectivity index (χ0n) is 9.92. The SMILES string of the molecule is CCCC12CCCN1CC(N(C)C)C2. The molecule has 0 N–H and O–H groups in total. The number of hydrogen-bond acceptors (Lipinski definition) is 2. The fourth-order valence-electron chi connectivity index (χ4n) is 3.46. The summed E-state index contributed by atoms with van der Waals surface area (Å²) in [6.45, 7) is 4.99. The smallest absolute Gasteiger partial charge is 0.0234 e. The van der Waals surface area contributed by atoms with Crippen LogP contribution in [0.25, 0.3) is 0 Å². The first-order valence-electron chi connectivity index (χ1n) is 6.09. The highest BCUT2D eigenvalue weighted by Crippen LogP contribution is 2.42. The van der Waals surface area contributed by atoms with Crippen molar-refractivity contribution < 1.29 is 0 Å². The van der Waals surface area contributed by atoms with Gasteiger partial charge in [-0.05, 0) is 46.3 Å². The second-order valence-electron chi connectivity index (χ2n) is 5.35. The summed E-state index contributed by atoms with van der Waals surface area (Å²) in [6.07, 6.45) is 7.05. The number of nitrogens with zero attached hydrogens (tertiary/aromatic N) is 2. The third-order valence-electron chi connectivity index (χ3n) is 4.23. The van der Waals surface area contributed by atoms with E-state index in [0.29, 0.717) is 5.54 Å². The van der Waals surface area contributed by atoms with Crippen molar-refractivity contribution in [3.05, 3.63) is 0 Å². The van der Waals surface area contributed by atoms with Gasteiger partial charge in [0.15, 0.2) is 0 Å². The predicted octanol–water partition coefficient (Wildman–Crippen LogP) is 1.96. The summed E-state index contributed by atoms with van der Waals surface area (Å²) in [7, 11) is 4.46. The molecular formula is C12H24N2. The zero-order valence-corrected chi connectivity index (χ0v) is 9.92. The summed E-state index contributed by atoms with van der Waals surface area (Å²) in [5, 5.41) is 0. The Hall–Kier alpha value is -0.0800. The van der Waals surface area contributed by atoms with Gasteiger partial charge in [0.2, 0.25) is 0 Å². The van der Waals surface area contributed by atoms with Gasteiger partial charge in [0.25, 0.3) is 0 Å². The number of likely N-dealkylation sites (N-methyl/N-ethyl adjacent to an activating group) is 1. The van der Waals surface area contributed by atoms with Crippen LogP contribution in [0.1, 0.15) is 39.0 Å². The van der Waals surface area contributed by atoms with Gasteiger partial charge in [-0.2, -0.15) is 0 Å². The highest BCUT2D eigenvalue weighted by atomic mass is 15.3. The maximum atomic E-state index is 2.77. The third-order valence-corrected chi connectivity index (χ3v) is 4.23. The molecule has 0 spiro atoms. The first-order chi connectivity index (χ1) is 6.68. The minimum absolute atomic E-state index is 0.601. The quantitative estimate of drug-likeness (QED) is 0.681. The van der Waals surface area contributed by atoms with E-state index in [2.05, 4.69) is 30.8 Å². The molecule has 2 rings (SSSR count). The van der Waals surface area contributed by atoms with Crippen LogP contribution in [0.4, 0.5) is 0 Å². The van der Waals surface area contributed by atoms with Crippen molar-refractivity contribution in [3.63, 3.8) is 0 Å². The van der Waals surface area contributed by atoms with Gasteiger partial charge in [-0.1, -0.05) is 13.3 Å². The lowest BCUT2D eigenvalue weighted by molar-refractivity contribution is 0.181. The highest BCUT2D eigenvalue weighted by Gasteiger charge is 2.47. The van der Waals surface area contributed by atoms with Gasteiger partial charge in [-0.3, -0.25) is 4.90 Å². The van der Waals surface area contributed by atoms with Crippen molar-refractivity contribution >= 4 is 0 Å². The minimum atomic E-state index is 0.601. The van der Waals surface area contributed by atoms with Gasteiger partial charge in [-0.15, -0.1) is 0 Å². The first kappa shape index (κ1) is 10.4. The van der Waals surface area contributed by atoms with Gasteiger partial charge in [0.05, 0.1) is 0 Å². The van der Waals surface area contributed by atoms with Crippen molar-refractivity contribution in [1.29, 1.82) is 0 Å². The second kappa shape index (κ2) is 3.82. The van der Waals surface area contributed by atoms with Crippen molar-refractivity contribution in [2.75, 3.05) is 27.2 Å². The Labute approximate surface area is 88.3 Å². The molecular weight excluding hydrogens is 172 g/mol. The summed E-state index contributed by atoms with van der Waals surface area (Å²) < 4.78 is 0. The van der Waals surface area contributed by atoms with Crippen LogP contribution in [0.2, 0.25) is 0 Å². The molecule has 2 aliphatic rings. The summed E-state index contributed by atoms with van der Waals surface area (Å²) in [6, 6.07) is 0.807. The molecule has 0 saturated carbocycles. The molecule has 2 saturated heterocycles. The van der Waals surface area contributed by atoms with E-state index in [9.17, 15) is 0 Å². The molecule has 0 amide bonds. The van der Waals surface area contributed by atoms with E-state index < -0.39 is 0 Å². The first-order valence-corrected chi connectivity index (χ1v) is 6.09. The molecule has 2 nitrogen and oxygen atoms in total. The van der Waals surface area contributed by atoms with E-state index >= 15 is 0 Å². The van der Waals surface area contributed by atoms with E-state index in [4.69, 9.17) is 0 Å². The lowest BCUT2D eigenvalue weighted by Crippen LogP contribution is -2.37. The fourth-order valence-corrected chi connectivity index (χ4v) is 3.46. The standard InChI is InChI=1S/C12H24N2/c1-4-6-12-7-5-8-14(12)10-11(9-12)13(2)3/h11H,4-10H2,1-3H3. The molecule has 2 aliphatic heterocycles. The fraction of sp³-hybridized carbons (Fsp3) is 1.00. The Bertz CT molecular complexity index is 202. The number of hydrogen-bond donors (Lipinski definition) is 0. The molecule has 2 heterocycles. The van der Waals surface area contributed by atoms with Crippen molar-refractivity contribution in [2.24, 2.45) is 0 Å². The van der Waals surface area contributed by atoms with Gasteiger partial charge in [0, 0.05) is 18.1 Å². The van der Waals surface area contributed by atoms with Crippen LogP contribution in [0, 0.1) is 0 Å². The van der Waals surface area contributed by atoms with Crippen LogP contribution in [0.3, 0.4) is 0 Å². The maximum absolute atomic E-state index is 2.77. The average molecular weight is 196 g/mol. The molecule has 2 unspecified atom stereocenters. The van der Waals surface area contributed by atoms with Gasteiger partial charge >= 0.3 is 0 Å². The molecule has 0 bridgehead atoms. The van der Waals surface area contributed by atoms with E-state index in [-0.39, 0.29) is 0 Å². The Kier molecular flexibility index (Phi) is 2.85. The van der Waals surface area contributed by atoms with Crippen molar-refractivity contribution in [3.8, 4) is 0 Å². The molecule has 0 radical (unpaired) electrons. The Balaban J connectivity index is 2.06. The monoisotopic (exact) mass is 196 g/mol. The van der Waals surface area contributed by atoms with Crippen LogP contribution in [0.15, 0.2) is 0 Å². The molecule has 0 aromatic carbocycles. The zero-order chi connectivity index (χ0) is 10.2. The molecule has 2 heteroatoms. The normalized spacial score (nSPS) is 38.1. The molecule has 2 fully saturated rings. The molecule has 14 heavy (non-hydrogen) atoms. The topological polar surface area (TPSA) is 6.48 Å². The lowest BCUT2D eigenvalue weighted by atomic mass is 9.88. The predicted molar refractivity (Wildman–Crippen MR) is 60.5 cm³/mol. The van der Waals surface area contributed by atoms with Gasteiger partial charge in [-0.25, -0.2) is 0 Å². The molecule has 0 aliphatic carbocycles. The van der Waals surface area contributed by atoms with Crippen LogP contribution in [-0.2, 0) is 0 Å². The second-order valence-corrected chi connectivity index (χ2v) is 5.35. The lowest BCUT2D eigenvalue weighted by Gasteiger charge is -2.31. The summed E-state index contributed by atoms with van der Waals surface area (Å²) >= 11 is 0. The van der Waals surface area contributed by atoms with E-state index in [1.54, 1.807) is 0 Å². The van der Waals surface area contributed by atoms with Crippen molar-refractivity contribution in [1.82, 2.24) is 9.80 Å². The highest BCUT2D eigenvalue weighted by molar-refractivity contribution is 5.04. The van der Waals surface area contributed by atoms with E-state index in [0.717, 1.165) is 6.04 Å². The summed E-state index contributed by atoms with van der Waals surface area (Å²) in [5.41, 5.74) is 0.601. The van der Waals surface area contributed by atoms with E-state index in [1.165, 1.54) is 45.2 Å². The van der Waals surface area contributed by atoms with Crippen LogP contribution in [-0.4, -0.2) is 48.6 Å². The summed E-state index contributed by atoms with van der Waals surface area (Å²) in [4.78, 5) is 5.18. The van der Waals surface area contributed by atoms with Gasteiger partial charge < -0.3 is 4.90 Å². The van der Waals surface area contributed by atoms with Crippen molar-refractivity contribution in [2.45, 2.75) is 50.6 Å². The Morgan fingerprint density at radius 2 is 2.21 bits per heavy atom. The molecule has 0 aromatic rings. The Morgan fingerprint density at radius 3 is 2.86 bits per heavy atom. The maximum Gasteiger partial charge on any atom is 0.0234 e. The summed E-state index contributed by atoms with van der Waals surface area (Å²) in [5.74, 6) is 0. The molecule has 82 valence electrons.